The van der Waals surface area contributed by atoms with Crippen LogP contribution in [0.2, 0.25) is 0 Å². The molecular formula is C11H13BrFN5. The van der Waals surface area contributed by atoms with Gasteiger partial charge in [-0.05, 0) is 48.0 Å². The van der Waals surface area contributed by atoms with Crippen LogP contribution in [0.3, 0.4) is 0 Å². The Kier molecular flexibility index (Phi) is 4.38. The lowest BCUT2D eigenvalue weighted by Gasteiger charge is -2.04. The molecule has 18 heavy (non-hydrogen) atoms. The number of aryl methyl sites for hydroxylation is 1. The molecule has 0 spiro atoms. The molecule has 1 aromatic carbocycles. The van der Waals surface area contributed by atoms with Crippen LogP contribution in [0.1, 0.15) is 12.8 Å². The number of unbranched alkanes of at least 4 members (excludes halogenated alkanes) is 1. The van der Waals surface area contributed by atoms with Crippen LogP contribution >= 0.6 is 15.9 Å². The van der Waals surface area contributed by atoms with Gasteiger partial charge in [0.25, 0.3) is 0 Å². The zero-order valence-corrected chi connectivity index (χ0v) is 11.3. The van der Waals surface area contributed by atoms with Crippen LogP contribution in [0.5, 0.6) is 0 Å². The predicted molar refractivity (Wildman–Crippen MR) is 69.2 cm³/mol. The van der Waals surface area contributed by atoms with Gasteiger partial charge in [-0.25, -0.2) is 9.07 Å². The van der Waals surface area contributed by atoms with E-state index < -0.39 is 0 Å². The molecule has 0 saturated heterocycles. The van der Waals surface area contributed by atoms with Crippen molar-refractivity contribution in [1.82, 2.24) is 20.2 Å². The van der Waals surface area contributed by atoms with E-state index in [9.17, 15) is 4.39 Å². The molecule has 0 saturated carbocycles. The van der Waals surface area contributed by atoms with Crippen LogP contribution in [-0.2, 0) is 6.54 Å². The second kappa shape index (κ2) is 6.01. The highest BCUT2D eigenvalue weighted by Gasteiger charge is 2.10. The van der Waals surface area contributed by atoms with E-state index in [4.69, 9.17) is 5.73 Å². The van der Waals surface area contributed by atoms with Crippen molar-refractivity contribution in [2.24, 2.45) is 5.73 Å². The molecule has 2 N–H and O–H groups in total. The number of hydrogen-bond acceptors (Lipinski definition) is 4. The normalized spacial score (nSPS) is 10.8. The molecule has 1 heterocycles. The monoisotopic (exact) mass is 313 g/mol. The molecular weight excluding hydrogens is 301 g/mol. The molecule has 7 heteroatoms. The lowest BCUT2D eigenvalue weighted by atomic mass is 10.2. The van der Waals surface area contributed by atoms with Crippen molar-refractivity contribution in [1.29, 1.82) is 0 Å². The van der Waals surface area contributed by atoms with Gasteiger partial charge in [0.05, 0.1) is 0 Å². The Hall–Kier alpha value is -1.34. The van der Waals surface area contributed by atoms with Crippen LogP contribution in [0, 0.1) is 5.82 Å². The van der Waals surface area contributed by atoms with Crippen LogP contribution in [0.15, 0.2) is 22.7 Å². The second-order valence-electron chi connectivity index (χ2n) is 3.88. The van der Waals surface area contributed by atoms with Gasteiger partial charge in [-0.1, -0.05) is 15.9 Å². The number of rotatable bonds is 5. The Balaban J connectivity index is 2.24. The highest BCUT2D eigenvalue weighted by molar-refractivity contribution is 9.10. The van der Waals surface area contributed by atoms with Crippen LogP contribution < -0.4 is 5.73 Å². The molecule has 0 aliphatic rings. The van der Waals surface area contributed by atoms with Crippen molar-refractivity contribution >= 4 is 15.9 Å². The van der Waals surface area contributed by atoms with E-state index in [1.165, 1.54) is 12.1 Å². The highest BCUT2D eigenvalue weighted by Crippen LogP contribution is 2.22. The van der Waals surface area contributed by atoms with Crippen molar-refractivity contribution in [2.45, 2.75) is 19.4 Å². The Labute approximate surface area is 112 Å². The first-order valence-electron chi connectivity index (χ1n) is 5.63. The number of halogens is 2. The van der Waals surface area contributed by atoms with Gasteiger partial charge >= 0.3 is 0 Å². The summed E-state index contributed by atoms with van der Waals surface area (Å²) in [7, 11) is 0. The molecule has 96 valence electrons. The maximum absolute atomic E-state index is 13.3. The fraction of sp³-hybridized carbons (Fsp3) is 0.364. The minimum absolute atomic E-state index is 0.323. The van der Waals surface area contributed by atoms with E-state index in [0.717, 1.165) is 12.8 Å². The quantitative estimate of drug-likeness (QED) is 0.857. The molecule has 0 bridgehead atoms. The third-order valence-corrected chi connectivity index (χ3v) is 2.93. The summed E-state index contributed by atoms with van der Waals surface area (Å²) in [5.41, 5.74) is 6.09. The summed E-state index contributed by atoms with van der Waals surface area (Å²) in [6.07, 6.45) is 1.80. The van der Waals surface area contributed by atoms with E-state index in [-0.39, 0.29) is 5.82 Å². The summed E-state index contributed by atoms with van der Waals surface area (Å²) in [5.74, 6) is 0.239. The Morgan fingerprint density at radius 1 is 1.28 bits per heavy atom. The smallest absolute Gasteiger partial charge is 0.182 e. The van der Waals surface area contributed by atoms with E-state index in [1.807, 2.05) is 0 Å². The molecule has 2 aromatic rings. The third-order valence-electron chi connectivity index (χ3n) is 2.48. The summed E-state index contributed by atoms with van der Waals surface area (Å²) in [6, 6.07) is 4.59. The van der Waals surface area contributed by atoms with Gasteiger partial charge in [-0.3, -0.25) is 0 Å². The molecule has 1 aromatic heterocycles. The van der Waals surface area contributed by atoms with Gasteiger partial charge in [0, 0.05) is 16.6 Å². The standard InChI is InChI=1S/C11H13BrFN5/c12-9-5-8(6-10(13)7-9)11-15-16-17-18(11)4-2-1-3-14/h5-7H,1-4,14H2. The molecule has 0 aliphatic heterocycles. The van der Waals surface area contributed by atoms with Gasteiger partial charge in [-0.15, -0.1) is 5.10 Å². The van der Waals surface area contributed by atoms with Crippen molar-refractivity contribution in [3.05, 3.63) is 28.5 Å². The first kappa shape index (κ1) is 13.1. The molecule has 0 unspecified atom stereocenters. The first-order valence-corrected chi connectivity index (χ1v) is 6.42. The minimum atomic E-state index is -0.323. The number of hydrogen-bond donors (Lipinski definition) is 1. The van der Waals surface area contributed by atoms with Crippen LogP contribution in [-0.4, -0.2) is 26.8 Å². The van der Waals surface area contributed by atoms with Gasteiger partial charge in [0.1, 0.15) is 5.82 Å². The maximum Gasteiger partial charge on any atom is 0.182 e. The zero-order valence-electron chi connectivity index (χ0n) is 9.68. The zero-order chi connectivity index (χ0) is 13.0. The average molecular weight is 314 g/mol. The minimum Gasteiger partial charge on any atom is -0.330 e. The average Bonchev–Trinajstić information content (AvgIpc) is 2.76. The molecule has 2 rings (SSSR count). The topological polar surface area (TPSA) is 69.6 Å². The van der Waals surface area contributed by atoms with E-state index in [1.54, 1.807) is 10.7 Å². The van der Waals surface area contributed by atoms with Crippen molar-refractivity contribution in [3.63, 3.8) is 0 Å². The lowest BCUT2D eigenvalue weighted by Crippen LogP contribution is -2.06. The number of benzene rings is 1. The SMILES string of the molecule is NCCCCn1nnnc1-c1cc(F)cc(Br)c1. The molecule has 0 amide bonds. The molecule has 0 aliphatic carbocycles. The lowest BCUT2D eigenvalue weighted by molar-refractivity contribution is 0.548. The largest absolute Gasteiger partial charge is 0.330 e. The van der Waals surface area contributed by atoms with Crippen molar-refractivity contribution < 1.29 is 4.39 Å². The highest BCUT2D eigenvalue weighted by atomic mass is 79.9. The summed E-state index contributed by atoms with van der Waals surface area (Å²) in [5, 5.41) is 11.5. The maximum atomic E-state index is 13.3. The van der Waals surface area contributed by atoms with Gasteiger partial charge in [0.2, 0.25) is 0 Å². The summed E-state index contributed by atoms with van der Waals surface area (Å²) < 4.78 is 15.7. The van der Waals surface area contributed by atoms with E-state index in [2.05, 4.69) is 31.5 Å². The van der Waals surface area contributed by atoms with Crippen LogP contribution in [0.25, 0.3) is 11.4 Å². The van der Waals surface area contributed by atoms with Gasteiger partial charge in [0.15, 0.2) is 5.82 Å². The summed E-state index contributed by atoms with van der Waals surface area (Å²) in [4.78, 5) is 0. The van der Waals surface area contributed by atoms with Gasteiger partial charge < -0.3 is 5.73 Å². The Morgan fingerprint density at radius 2 is 2.11 bits per heavy atom. The third kappa shape index (κ3) is 3.11. The number of nitrogens with zero attached hydrogens (tertiary/aromatic N) is 4. The van der Waals surface area contributed by atoms with Gasteiger partial charge in [-0.2, -0.15) is 0 Å². The Bertz CT molecular complexity index is 508. The summed E-state index contributed by atoms with van der Waals surface area (Å²) >= 11 is 3.25. The summed E-state index contributed by atoms with van der Waals surface area (Å²) in [6.45, 7) is 1.32. The molecule has 5 nitrogen and oxygen atoms in total. The number of nitrogens with two attached hydrogens (primary N) is 1. The second-order valence-corrected chi connectivity index (χ2v) is 4.80. The number of aromatic nitrogens is 4. The van der Waals surface area contributed by atoms with E-state index in [0.29, 0.717) is 29.0 Å². The van der Waals surface area contributed by atoms with E-state index >= 15 is 0 Å². The molecule has 0 atom stereocenters. The predicted octanol–water partition coefficient (Wildman–Crippen LogP) is 1.98. The Morgan fingerprint density at radius 3 is 2.83 bits per heavy atom. The molecule has 0 fully saturated rings. The van der Waals surface area contributed by atoms with Crippen molar-refractivity contribution in [3.8, 4) is 11.4 Å². The fourth-order valence-electron chi connectivity index (χ4n) is 1.65. The molecule has 0 radical (unpaired) electrons. The van der Waals surface area contributed by atoms with Crippen LogP contribution in [0.4, 0.5) is 4.39 Å². The van der Waals surface area contributed by atoms with Crippen molar-refractivity contribution in [2.75, 3.05) is 6.54 Å². The fourth-order valence-corrected chi connectivity index (χ4v) is 2.12. The first-order chi connectivity index (χ1) is 8.70. The number of tetrazole rings is 1.